The minimum absolute atomic E-state index is 0.211. The summed E-state index contributed by atoms with van der Waals surface area (Å²) < 4.78 is 0. The topological polar surface area (TPSA) is 49.3 Å². The molecule has 0 aliphatic heterocycles. The van der Waals surface area contributed by atoms with Crippen LogP contribution in [0.1, 0.15) is 52.4 Å². The molecule has 98 valence electrons. The molecule has 0 fully saturated rings. The van der Waals surface area contributed by atoms with Gasteiger partial charge in [0.15, 0.2) is 0 Å². The Morgan fingerprint density at radius 2 is 2.24 bits per heavy atom. The molecule has 1 aliphatic rings. The van der Waals surface area contributed by atoms with Crippen molar-refractivity contribution >= 4 is 5.97 Å². The number of rotatable bonds is 7. The lowest BCUT2D eigenvalue weighted by atomic mass is 9.99. The summed E-state index contributed by atoms with van der Waals surface area (Å²) in [5.74, 6) is -0.891. The molecule has 0 amide bonds. The van der Waals surface area contributed by atoms with Crippen molar-refractivity contribution in [1.82, 2.24) is 5.32 Å². The molecule has 0 radical (unpaired) electrons. The van der Waals surface area contributed by atoms with Crippen LogP contribution in [-0.2, 0) is 4.79 Å². The number of nitrogens with one attached hydrogen (secondary N) is 1. The number of hydrogen-bond donors (Lipinski definition) is 2. The summed E-state index contributed by atoms with van der Waals surface area (Å²) in [4.78, 5) is 10.7. The smallest absolute Gasteiger partial charge is 0.306 e. The number of aliphatic carboxylic acids is 1. The van der Waals surface area contributed by atoms with Gasteiger partial charge in [0.2, 0.25) is 0 Å². The molecule has 3 atom stereocenters. The number of carbonyl (C=O) groups is 1. The van der Waals surface area contributed by atoms with Crippen molar-refractivity contribution in [3.05, 3.63) is 12.2 Å². The van der Waals surface area contributed by atoms with Crippen LogP contribution in [0.25, 0.3) is 0 Å². The van der Waals surface area contributed by atoms with Crippen LogP contribution in [0.5, 0.6) is 0 Å². The maximum atomic E-state index is 10.7. The lowest BCUT2D eigenvalue weighted by molar-refractivity contribution is -0.141. The summed E-state index contributed by atoms with van der Waals surface area (Å²) in [6.07, 6.45) is 11.0. The van der Waals surface area contributed by atoms with Gasteiger partial charge in [-0.1, -0.05) is 25.5 Å². The fourth-order valence-electron chi connectivity index (χ4n) is 2.25. The third kappa shape index (κ3) is 5.87. The van der Waals surface area contributed by atoms with Crippen LogP contribution in [0.2, 0.25) is 0 Å². The summed E-state index contributed by atoms with van der Waals surface area (Å²) in [6, 6.07) is 0.999. The molecule has 3 nitrogen and oxygen atoms in total. The van der Waals surface area contributed by atoms with Crippen LogP contribution in [0, 0.1) is 5.92 Å². The lowest BCUT2D eigenvalue weighted by Crippen LogP contribution is -2.36. The third-order valence-electron chi connectivity index (χ3n) is 3.45. The number of carboxylic acids is 1. The highest BCUT2D eigenvalue weighted by Crippen LogP contribution is 2.13. The standard InChI is InChI=1S/C14H25NO2/c1-11(14(16)17)7-6-8-12(2)15-13-9-4-3-5-10-13/h4,9,11-13,15H,3,5-8,10H2,1-2H3,(H,16,17). The summed E-state index contributed by atoms with van der Waals surface area (Å²) in [7, 11) is 0. The molecule has 0 aromatic rings. The van der Waals surface area contributed by atoms with E-state index in [-0.39, 0.29) is 5.92 Å². The van der Waals surface area contributed by atoms with E-state index in [2.05, 4.69) is 24.4 Å². The van der Waals surface area contributed by atoms with Gasteiger partial charge in [-0.3, -0.25) is 4.79 Å². The molecule has 3 unspecified atom stereocenters. The van der Waals surface area contributed by atoms with Crippen molar-refractivity contribution in [3.63, 3.8) is 0 Å². The van der Waals surface area contributed by atoms with Crippen molar-refractivity contribution in [2.24, 2.45) is 5.92 Å². The molecule has 1 rings (SSSR count). The SMILES string of the molecule is CC(CCCC(C)C(=O)O)NC1C=CCCC1. The molecule has 0 saturated carbocycles. The Balaban J connectivity index is 2.12. The predicted molar refractivity (Wildman–Crippen MR) is 70.0 cm³/mol. The van der Waals surface area contributed by atoms with E-state index in [0.717, 1.165) is 19.3 Å². The summed E-state index contributed by atoms with van der Waals surface area (Å²) >= 11 is 0. The van der Waals surface area contributed by atoms with Crippen molar-refractivity contribution in [2.45, 2.75) is 64.5 Å². The minimum Gasteiger partial charge on any atom is -0.481 e. The van der Waals surface area contributed by atoms with Crippen LogP contribution in [0.3, 0.4) is 0 Å². The number of carboxylic acid groups (broad SMARTS) is 1. The van der Waals surface area contributed by atoms with E-state index in [0.29, 0.717) is 12.1 Å². The Bertz CT molecular complexity index is 263. The van der Waals surface area contributed by atoms with Crippen molar-refractivity contribution < 1.29 is 9.90 Å². The molecule has 0 bridgehead atoms. The van der Waals surface area contributed by atoms with E-state index in [9.17, 15) is 4.79 Å². The van der Waals surface area contributed by atoms with Crippen molar-refractivity contribution in [2.75, 3.05) is 0 Å². The highest BCUT2D eigenvalue weighted by Gasteiger charge is 2.13. The minimum atomic E-state index is -0.680. The molecule has 2 N–H and O–H groups in total. The zero-order valence-corrected chi connectivity index (χ0v) is 11.0. The molecule has 0 saturated heterocycles. The first-order chi connectivity index (χ1) is 8.09. The Hall–Kier alpha value is -0.830. The predicted octanol–water partition coefficient (Wildman–Crippen LogP) is 2.96. The van der Waals surface area contributed by atoms with Gasteiger partial charge in [0, 0.05) is 12.1 Å². The van der Waals surface area contributed by atoms with E-state index < -0.39 is 5.97 Å². The molecule has 0 aromatic carbocycles. The van der Waals surface area contributed by atoms with Crippen LogP contribution in [-0.4, -0.2) is 23.2 Å². The Morgan fingerprint density at radius 1 is 1.47 bits per heavy atom. The second-order valence-electron chi connectivity index (χ2n) is 5.20. The van der Waals surface area contributed by atoms with E-state index in [1.165, 1.54) is 19.3 Å². The molecular weight excluding hydrogens is 214 g/mol. The zero-order valence-electron chi connectivity index (χ0n) is 11.0. The Kier molecular flexibility index (Phi) is 6.27. The van der Waals surface area contributed by atoms with Gasteiger partial charge in [0.05, 0.1) is 5.92 Å². The first kappa shape index (κ1) is 14.2. The fourth-order valence-corrected chi connectivity index (χ4v) is 2.25. The second kappa shape index (κ2) is 7.49. The monoisotopic (exact) mass is 239 g/mol. The van der Waals surface area contributed by atoms with Gasteiger partial charge >= 0.3 is 5.97 Å². The number of hydrogen-bond acceptors (Lipinski definition) is 2. The largest absolute Gasteiger partial charge is 0.481 e. The average molecular weight is 239 g/mol. The van der Waals surface area contributed by atoms with Gasteiger partial charge < -0.3 is 10.4 Å². The van der Waals surface area contributed by atoms with E-state index in [1.54, 1.807) is 6.92 Å². The van der Waals surface area contributed by atoms with Gasteiger partial charge in [0.1, 0.15) is 0 Å². The van der Waals surface area contributed by atoms with Gasteiger partial charge in [-0.05, 0) is 39.0 Å². The summed E-state index contributed by atoms with van der Waals surface area (Å²) in [5.41, 5.74) is 0. The van der Waals surface area contributed by atoms with Gasteiger partial charge in [-0.15, -0.1) is 0 Å². The second-order valence-corrected chi connectivity index (χ2v) is 5.20. The van der Waals surface area contributed by atoms with Crippen molar-refractivity contribution in [3.8, 4) is 0 Å². The molecule has 17 heavy (non-hydrogen) atoms. The summed E-state index contributed by atoms with van der Waals surface area (Å²) in [6.45, 7) is 3.97. The van der Waals surface area contributed by atoms with Gasteiger partial charge in [-0.2, -0.15) is 0 Å². The highest BCUT2D eigenvalue weighted by molar-refractivity contribution is 5.69. The lowest BCUT2D eigenvalue weighted by Gasteiger charge is -2.23. The maximum absolute atomic E-state index is 10.7. The normalized spacial score (nSPS) is 23.3. The molecule has 0 aromatic heterocycles. The highest BCUT2D eigenvalue weighted by atomic mass is 16.4. The van der Waals surface area contributed by atoms with Gasteiger partial charge in [-0.25, -0.2) is 0 Å². The number of allylic oxidation sites excluding steroid dienone is 1. The van der Waals surface area contributed by atoms with Crippen LogP contribution in [0.4, 0.5) is 0 Å². The van der Waals surface area contributed by atoms with E-state index in [4.69, 9.17) is 5.11 Å². The van der Waals surface area contributed by atoms with E-state index >= 15 is 0 Å². The summed E-state index contributed by atoms with van der Waals surface area (Å²) in [5, 5.41) is 12.4. The van der Waals surface area contributed by atoms with E-state index in [1.807, 2.05) is 0 Å². The first-order valence-corrected chi connectivity index (χ1v) is 6.75. The quantitative estimate of drug-likeness (QED) is 0.671. The van der Waals surface area contributed by atoms with Gasteiger partial charge in [0.25, 0.3) is 0 Å². The Morgan fingerprint density at radius 3 is 2.82 bits per heavy atom. The van der Waals surface area contributed by atoms with Crippen LogP contribution >= 0.6 is 0 Å². The molecule has 3 heteroatoms. The first-order valence-electron chi connectivity index (χ1n) is 6.75. The zero-order chi connectivity index (χ0) is 12.7. The molecule has 1 aliphatic carbocycles. The third-order valence-corrected chi connectivity index (χ3v) is 3.45. The van der Waals surface area contributed by atoms with Crippen molar-refractivity contribution in [1.29, 1.82) is 0 Å². The van der Waals surface area contributed by atoms with Crippen LogP contribution < -0.4 is 5.32 Å². The molecule has 0 spiro atoms. The molecule has 0 heterocycles. The fraction of sp³-hybridized carbons (Fsp3) is 0.786. The van der Waals surface area contributed by atoms with Crippen LogP contribution in [0.15, 0.2) is 12.2 Å². The Labute approximate surface area is 104 Å². The molecular formula is C14H25NO2. The maximum Gasteiger partial charge on any atom is 0.306 e. The average Bonchev–Trinajstić information content (AvgIpc) is 2.30.